The average molecular weight is 657 g/mol. The minimum Gasteiger partial charge on any atom is -0.436 e. The van der Waals surface area contributed by atoms with Gasteiger partial charge in [-0.25, -0.2) is 14.6 Å². The number of fused-ring (bicyclic) bond motifs is 2. The molecule has 0 spiro atoms. The monoisotopic (exact) mass is 656 g/mol. The lowest BCUT2D eigenvalue weighted by atomic mass is 10.0. The van der Waals surface area contributed by atoms with E-state index in [4.69, 9.17) is 4.74 Å². The lowest BCUT2D eigenvalue weighted by molar-refractivity contribution is -0.143. The van der Waals surface area contributed by atoms with Crippen LogP contribution in [0.15, 0.2) is 49.1 Å². The third-order valence-corrected chi connectivity index (χ3v) is 10.9. The van der Waals surface area contributed by atoms with E-state index in [0.29, 0.717) is 58.0 Å². The number of piperazine rings is 1. The molecular formula is C36H48N8O4. The molecule has 1 atom stereocenters. The van der Waals surface area contributed by atoms with Crippen LogP contribution in [-0.2, 0) is 22.4 Å². The van der Waals surface area contributed by atoms with Crippen LogP contribution in [-0.4, -0.2) is 136 Å². The molecule has 0 unspecified atom stereocenters. The summed E-state index contributed by atoms with van der Waals surface area (Å²) in [5, 5.41) is 3.06. The molecular weight excluding hydrogens is 608 g/mol. The molecule has 0 bridgehead atoms. The van der Waals surface area contributed by atoms with Gasteiger partial charge in [0.15, 0.2) is 6.10 Å². The van der Waals surface area contributed by atoms with Crippen molar-refractivity contribution in [2.75, 3.05) is 71.3 Å². The van der Waals surface area contributed by atoms with Crippen LogP contribution in [0.3, 0.4) is 0 Å². The summed E-state index contributed by atoms with van der Waals surface area (Å²) in [6.45, 7) is 8.76. The Morgan fingerprint density at radius 2 is 1.67 bits per heavy atom. The van der Waals surface area contributed by atoms with Crippen LogP contribution in [0.25, 0.3) is 5.52 Å². The van der Waals surface area contributed by atoms with E-state index in [1.165, 1.54) is 0 Å². The average Bonchev–Trinajstić information content (AvgIpc) is 3.52. The number of hydrogen-bond acceptors (Lipinski definition) is 7. The molecule has 48 heavy (non-hydrogen) atoms. The third-order valence-electron chi connectivity index (χ3n) is 10.9. The fourth-order valence-corrected chi connectivity index (χ4v) is 7.95. The molecule has 3 saturated heterocycles. The zero-order valence-electron chi connectivity index (χ0n) is 28.2. The van der Waals surface area contributed by atoms with Crippen LogP contribution >= 0.6 is 0 Å². The highest BCUT2D eigenvalue weighted by Crippen LogP contribution is 2.26. The first-order valence-corrected chi connectivity index (χ1v) is 17.6. The molecule has 7 rings (SSSR count). The Bertz CT molecular complexity index is 1620. The number of likely N-dealkylation sites (tertiary alicyclic amines) is 2. The number of anilines is 1. The van der Waals surface area contributed by atoms with Gasteiger partial charge in [0.25, 0.3) is 5.91 Å². The van der Waals surface area contributed by atoms with E-state index in [-0.39, 0.29) is 18.0 Å². The molecule has 3 aromatic rings. The number of nitrogens with zero attached hydrogens (tertiary/aromatic N) is 7. The number of piperidine rings is 2. The summed E-state index contributed by atoms with van der Waals surface area (Å²) in [5.74, 6) is -0.134. The summed E-state index contributed by atoms with van der Waals surface area (Å²) < 4.78 is 8.08. The van der Waals surface area contributed by atoms with E-state index in [1.54, 1.807) is 11.2 Å². The molecule has 0 aliphatic carbocycles. The number of amides is 4. The Labute approximate surface area is 282 Å². The van der Waals surface area contributed by atoms with E-state index < -0.39 is 12.2 Å². The Hall–Kier alpha value is -4.16. The minimum atomic E-state index is -0.930. The van der Waals surface area contributed by atoms with Gasteiger partial charge in [-0.2, -0.15) is 0 Å². The molecule has 12 heteroatoms. The number of hydrogen-bond donors (Lipinski definition) is 1. The summed E-state index contributed by atoms with van der Waals surface area (Å²) in [5.41, 5.74) is 4.98. The Morgan fingerprint density at radius 1 is 0.938 bits per heavy atom. The van der Waals surface area contributed by atoms with Gasteiger partial charge >= 0.3 is 12.1 Å². The van der Waals surface area contributed by atoms with Gasteiger partial charge in [-0.3, -0.25) is 9.69 Å². The second-order valence-electron chi connectivity index (χ2n) is 13.9. The molecule has 0 radical (unpaired) electrons. The van der Waals surface area contributed by atoms with Crippen molar-refractivity contribution in [3.05, 3.63) is 65.7 Å². The van der Waals surface area contributed by atoms with E-state index in [2.05, 4.69) is 39.3 Å². The molecule has 1 aromatic carbocycles. The maximum atomic E-state index is 14.1. The number of ether oxygens (including phenoxy) is 1. The normalized spacial score (nSPS) is 21.1. The lowest BCUT2D eigenvalue weighted by Crippen LogP contribution is -2.56. The van der Waals surface area contributed by atoms with Crippen LogP contribution in [0, 0.1) is 6.92 Å². The standard InChI is InChI=1S/C36H48N8O4/c1-26-21-27(24-43-25-37-23-32(26)43)22-33(34(45)41-19-17-40(18-20-41)29-8-12-39(2)13-9-29)48-36(47)42-14-10-30(11-15-42)44-16-7-28-5-3-4-6-31(28)38-35(44)46/h3-6,21,23-25,29-30,33H,7-20,22H2,1-2H3,(H,38,46)/t33-/m1/s1. The van der Waals surface area contributed by atoms with Gasteiger partial charge in [-0.05, 0) is 81.9 Å². The van der Waals surface area contributed by atoms with Crippen LogP contribution in [0.2, 0.25) is 0 Å². The van der Waals surface area contributed by atoms with Gasteiger partial charge in [0.1, 0.15) is 0 Å². The van der Waals surface area contributed by atoms with Crippen LogP contribution in [0.1, 0.15) is 42.4 Å². The smallest absolute Gasteiger partial charge is 0.410 e. The van der Waals surface area contributed by atoms with Gasteiger partial charge in [-0.1, -0.05) is 24.3 Å². The summed E-state index contributed by atoms with van der Waals surface area (Å²) >= 11 is 0. The van der Waals surface area contributed by atoms with E-state index >= 15 is 0 Å². The zero-order chi connectivity index (χ0) is 33.2. The first-order valence-electron chi connectivity index (χ1n) is 17.6. The van der Waals surface area contributed by atoms with Crippen molar-refractivity contribution in [2.24, 2.45) is 0 Å². The van der Waals surface area contributed by atoms with Crippen molar-refractivity contribution in [1.82, 2.24) is 33.9 Å². The van der Waals surface area contributed by atoms with Crippen molar-refractivity contribution in [1.29, 1.82) is 0 Å². The Kier molecular flexibility index (Phi) is 9.54. The second-order valence-corrected chi connectivity index (χ2v) is 13.9. The second kappa shape index (κ2) is 14.1. The number of urea groups is 1. The Morgan fingerprint density at radius 3 is 2.44 bits per heavy atom. The van der Waals surface area contributed by atoms with E-state index in [0.717, 1.165) is 73.3 Å². The van der Waals surface area contributed by atoms with Crippen molar-refractivity contribution in [3.8, 4) is 0 Å². The molecule has 2 aromatic heterocycles. The number of aromatic nitrogens is 2. The maximum absolute atomic E-state index is 14.1. The molecule has 4 aliphatic heterocycles. The summed E-state index contributed by atoms with van der Waals surface area (Å²) in [7, 11) is 2.18. The first-order chi connectivity index (χ1) is 23.3. The first kappa shape index (κ1) is 32.4. The fourth-order valence-electron chi connectivity index (χ4n) is 7.95. The van der Waals surface area contributed by atoms with Crippen LogP contribution in [0.5, 0.6) is 0 Å². The highest BCUT2D eigenvalue weighted by Gasteiger charge is 2.36. The highest BCUT2D eigenvalue weighted by molar-refractivity contribution is 5.91. The SMILES string of the molecule is Cc1cc(C[C@@H](OC(=O)N2CCC(N3CCc4ccccc4NC3=O)CC2)C(=O)N2CCN(C3CCN(C)CC3)CC2)cn2cncc12. The molecule has 256 valence electrons. The molecule has 12 nitrogen and oxygen atoms in total. The molecule has 0 saturated carbocycles. The number of aryl methyl sites for hydroxylation is 1. The van der Waals surface area contributed by atoms with E-state index in [9.17, 15) is 14.4 Å². The quantitative estimate of drug-likeness (QED) is 0.433. The highest BCUT2D eigenvalue weighted by atomic mass is 16.6. The van der Waals surface area contributed by atoms with Gasteiger partial charge in [-0.15, -0.1) is 0 Å². The topological polar surface area (TPSA) is 106 Å². The van der Waals surface area contributed by atoms with Gasteiger partial charge < -0.3 is 34.1 Å². The van der Waals surface area contributed by atoms with Crippen molar-refractivity contribution >= 4 is 29.2 Å². The number of rotatable bonds is 6. The zero-order valence-corrected chi connectivity index (χ0v) is 28.2. The van der Waals surface area contributed by atoms with Gasteiger partial charge in [0.05, 0.1) is 18.0 Å². The summed E-state index contributed by atoms with van der Waals surface area (Å²) in [4.78, 5) is 55.6. The summed E-state index contributed by atoms with van der Waals surface area (Å²) in [6.07, 6.45) is 8.87. The number of carbonyl (C=O) groups is 3. The molecule has 1 N–H and O–H groups in total. The lowest BCUT2D eigenvalue weighted by Gasteiger charge is -2.42. The molecule has 4 aliphatic rings. The molecule has 3 fully saturated rings. The van der Waals surface area contributed by atoms with Crippen molar-refractivity contribution in [3.63, 3.8) is 0 Å². The number of imidazole rings is 1. The predicted molar refractivity (Wildman–Crippen MR) is 183 cm³/mol. The number of carbonyl (C=O) groups excluding carboxylic acids is 3. The predicted octanol–water partition coefficient (Wildman–Crippen LogP) is 3.48. The van der Waals surface area contributed by atoms with Crippen molar-refractivity contribution in [2.45, 2.75) is 63.6 Å². The molecule has 4 amide bonds. The third kappa shape index (κ3) is 7.00. The minimum absolute atomic E-state index is 0.0338. The van der Waals surface area contributed by atoms with Gasteiger partial charge in [0, 0.05) is 76.2 Å². The van der Waals surface area contributed by atoms with Crippen LogP contribution in [0.4, 0.5) is 15.3 Å². The van der Waals surface area contributed by atoms with Gasteiger partial charge in [0.2, 0.25) is 0 Å². The number of nitrogens with one attached hydrogen (secondary N) is 1. The Balaban J connectivity index is 0.996. The van der Waals surface area contributed by atoms with Crippen LogP contribution < -0.4 is 5.32 Å². The maximum Gasteiger partial charge on any atom is 0.410 e. The fraction of sp³-hybridized carbons (Fsp3) is 0.556. The van der Waals surface area contributed by atoms with E-state index in [1.807, 2.05) is 51.7 Å². The largest absolute Gasteiger partial charge is 0.436 e. The number of para-hydroxylation sites is 1. The van der Waals surface area contributed by atoms with Crippen molar-refractivity contribution < 1.29 is 19.1 Å². The summed E-state index contributed by atoms with van der Waals surface area (Å²) in [6, 6.07) is 10.5. The molecule has 6 heterocycles. The number of benzene rings is 1. The number of pyridine rings is 1.